The third kappa shape index (κ3) is 5.05. The Morgan fingerprint density at radius 1 is 1.15 bits per heavy atom. The van der Waals surface area contributed by atoms with Crippen molar-refractivity contribution in [2.45, 2.75) is 6.61 Å². The first-order valence-corrected chi connectivity index (χ1v) is 10.2. The lowest BCUT2D eigenvalue weighted by Crippen LogP contribution is -2.05. The summed E-state index contributed by atoms with van der Waals surface area (Å²) in [6.07, 6.45) is 1.48. The highest BCUT2D eigenvalue weighted by molar-refractivity contribution is 6.32. The number of ether oxygens (including phenoxy) is 3. The molecule has 10 heteroatoms. The van der Waals surface area contributed by atoms with Crippen LogP contribution in [-0.2, 0) is 16.1 Å². The van der Waals surface area contributed by atoms with Crippen LogP contribution in [0.1, 0.15) is 16.7 Å². The Morgan fingerprint density at radius 2 is 1.85 bits per heavy atom. The highest BCUT2D eigenvalue weighted by Crippen LogP contribution is 2.38. The Morgan fingerprint density at radius 3 is 2.50 bits per heavy atom. The van der Waals surface area contributed by atoms with Crippen LogP contribution in [0.4, 0.5) is 10.1 Å². The van der Waals surface area contributed by atoms with Gasteiger partial charge in [-0.05, 0) is 65.7 Å². The van der Waals surface area contributed by atoms with Crippen LogP contribution >= 0.6 is 11.6 Å². The van der Waals surface area contributed by atoms with E-state index in [4.69, 9.17) is 25.8 Å². The number of carbonyl (C=O) groups is 1. The molecule has 0 atom stereocenters. The monoisotopic (exact) mass is 482 g/mol. The smallest absolute Gasteiger partial charge is 0.363 e. The Balaban J connectivity index is 1.55. The molecule has 0 N–H and O–H groups in total. The molecule has 0 unspecified atom stereocenters. The Kier molecular flexibility index (Phi) is 6.55. The van der Waals surface area contributed by atoms with Gasteiger partial charge in [-0.15, -0.1) is 0 Å². The number of cyclic esters (lactones) is 1. The number of esters is 1. The minimum Gasteiger partial charge on any atom is -0.493 e. The van der Waals surface area contributed by atoms with Crippen LogP contribution in [0.25, 0.3) is 6.08 Å². The lowest BCUT2D eigenvalue weighted by atomic mass is 10.1. The number of methoxy groups -OCH3 is 1. The molecule has 1 aliphatic heterocycles. The molecule has 0 aliphatic carbocycles. The first-order chi connectivity index (χ1) is 16.3. The summed E-state index contributed by atoms with van der Waals surface area (Å²) in [6, 6.07) is 14.5. The summed E-state index contributed by atoms with van der Waals surface area (Å²) in [7, 11) is 1.44. The molecule has 0 spiro atoms. The van der Waals surface area contributed by atoms with Gasteiger partial charge in [0.2, 0.25) is 5.90 Å². The highest BCUT2D eigenvalue weighted by Gasteiger charge is 2.24. The summed E-state index contributed by atoms with van der Waals surface area (Å²) < 4.78 is 29.5. The van der Waals surface area contributed by atoms with Crippen molar-refractivity contribution in [1.82, 2.24) is 0 Å². The molecule has 4 rings (SSSR count). The Hall–Kier alpha value is -4.24. The summed E-state index contributed by atoms with van der Waals surface area (Å²) in [4.78, 5) is 26.7. The fourth-order valence-corrected chi connectivity index (χ4v) is 3.39. The fraction of sp³-hybridized carbons (Fsp3) is 0.0833. The summed E-state index contributed by atoms with van der Waals surface area (Å²) in [5.41, 5.74) is 1.69. The molecule has 172 valence electrons. The molecule has 0 aromatic heterocycles. The Labute approximate surface area is 198 Å². The lowest BCUT2D eigenvalue weighted by Gasteiger charge is -2.13. The van der Waals surface area contributed by atoms with Crippen molar-refractivity contribution in [3.8, 4) is 11.5 Å². The quantitative estimate of drug-likeness (QED) is 0.195. The average molecular weight is 483 g/mol. The molecule has 3 aromatic rings. The molecule has 8 nitrogen and oxygen atoms in total. The van der Waals surface area contributed by atoms with Crippen molar-refractivity contribution in [2.24, 2.45) is 4.99 Å². The molecule has 0 amide bonds. The second kappa shape index (κ2) is 9.72. The molecular weight excluding hydrogens is 467 g/mol. The van der Waals surface area contributed by atoms with Crippen LogP contribution in [0.15, 0.2) is 71.4 Å². The summed E-state index contributed by atoms with van der Waals surface area (Å²) in [6.45, 7) is 0.103. The third-order valence-corrected chi connectivity index (χ3v) is 5.08. The zero-order valence-corrected chi connectivity index (χ0v) is 18.4. The van der Waals surface area contributed by atoms with E-state index in [9.17, 15) is 19.3 Å². The van der Waals surface area contributed by atoms with Crippen LogP contribution in [-0.4, -0.2) is 23.9 Å². The van der Waals surface area contributed by atoms with Crippen LogP contribution in [0, 0.1) is 15.9 Å². The molecule has 34 heavy (non-hydrogen) atoms. The van der Waals surface area contributed by atoms with E-state index in [1.807, 2.05) is 0 Å². The number of nitrogens with zero attached hydrogens (tertiary/aromatic N) is 2. The van der Waals surface area contributed by atoms with Crippen molar-refractivity contribution >= 4 is 35.2 Å². The third-order valence-electron chi connectivity index (χ3n) is 4.80. The van der Waals surface area contributed by atoms with Crippen molar-refractivity contribution in [3.63, 3.8) is 0 Å². The largest absolute Gasteiger partial charge is 0.493 e. The maximum absolute atomic E-state index is 13.1. The van der Waals surface area contributed by atoms with Gasteiger partial charge in [-0.25, -0.2) is 14.2 Å². The number of rotatable bonds is 7. The van der Waals surface area contributed by atoms with Gasteiger partial charge in [0.25, 0.3) is 5.69 Å². The number of nitro groups is 1. The van der Waals surface area contributed by atoms with Gasteiger partial charge in [-0.1, -0.05) is 11.6 Å². The standard InChI is InChI=1S/C24H16ClFN2O6/c1-32-21-12-15(11-20-24(29)34-23(27-20)16-4-6-17(26)7-5-16)10-19(25)22(21)33-13-14-2-8-18(9-3-14)28(30)31/h2-12H,13H2,1H3/b20-11+. The highest BCUT2D eigenvalue weighted by atomic mass is 35.5. The molecule has 0 saturated carbocycles. The van der Waals surface area contributed by atoms with Crippen LogP contribution < -0.4 is 9.47 Å². The van der Waals surface area contributed by atoms with Gasteiger partial charge in [0.15, 0.2) is 17.2 Å². The predicted octanol–water partition coefficient (Wildman–Crippen LogP) is 5.32. The minimum absolute atomic E-state index is 0.0209. The van der Waals surface area contributed by atoms with Crippen molar-refractivity contribution in [1.29, 1.82) is 0 Å². The van der Waals surface area contributed by atoms with E-state index >= 15 is 0 Å². The molecule has 0 saturated heterocycles. The predicted molar refractivity (Wildman–Crippen MR) is 122 cm³/mol. The number of benzene rings is 3. The SMILES string of the molecule is COc1cc(/C=C2/N=C(c3ccc(F)cc3)OC2=O)cc(Cl)c1OCc1ccc([N+](=O)[O-])cc1. The minimum atomic E-state index is -0.659. The first-order valence-electron chi connectivity index (χ1n) is 9.86. The number of non-ortho nitro benzene ring substituents is 1. The molecule has 0 fully saturated rings. The molecular formula is C24H16ClFN2O6. The normalized spacial score (nSPS) is 14.0. The summed E-state index contributed by atoms with van der Waals surface area (Å²) in [5.74, 6) is -0.420. The second-order valence-electron chi connectivity index (χ2n) is 7.09. The van der Waals surface area contributed by atoms with Crippen molar-refractivity contribution < 1.29 is 28.3 Å². The molecule has 3 aromatic carbocycles. The average Bonchev–Trinajstić information content (AvgIpc) is 3.18. The van der Waals surface area contributed by atoms with Crippen molar-refractivity contribution in [3.05, 3.63) is 104 Å². The van der Waals surface area contributed by atoms with E-state index in [1.54, 1.807) is 24.3 Å². The van der Waals surface area contributed by atoms with Crippen molar-refractivity contribution in [2.75, 3.05) is 7.11 Å². The zero-order valence-electron chi connectivity index (χ0n) is 17.7. The topological polar surface area (TPSA) is 100 Å². The maximum atomic E-state index is 13.1. The van der Waals surface area contributed by atoms with Gasteiger partial charge in [0.1, 0.15) is 12.4 Å². The molecule has 0 radical (unpaired) electrons. The second-order valence-corrected chi connectivity index (χ2v) is 7.50. The number of aliphatic imine (C=N–C) groups is 1. The van der Waals surface area contributed by atoms with E-state index in [0.717, 1.165) is 0 Å². The van der Waals surface area contributed by atoms with Gasteiger partial charge in [0.05, 0.1) is 17.1 Å². The first kappa shape index (κ1) is 22.9. The van der Waals surface area contributed by atoms with Gasteiger partial charge >= 0.3 is 5.97 Å². The fourth-order valence-electron chi connectivity index (χ4n) is 3.12. The number of hydrogen-bond donors (Lipinski definition) is 0. The van der Waals surface area contributed by atoms with Crippen LogP contribution in [0.2, 0.25) is 5.02 Å². The Bertz CT molecular complexity index is 1320. The molecule has 0 bridgehead atoms. The molecule has 1 heterocycles. The van der Waals surface area contributed by atoms with E-state index in [0.29, 0.717) is 22.4 Å². The van der Waals surface area contributed by atoms with E-state index in [1.165, 1.54) is 49.6 Å². The summed E-state index contributed by atoms with van der Waals surface area (Å²) >= 11 is 6.40. The van der Waals surface area contributed by atoms with E-state index in [2.05, 4.69) is 4.99 Å². The number of hydrogen-bond acceptors (Lipinski definition) is 7. The van der Waals surface area contributed by atoms with E-state index < -0.39 is 16.7 Å². The number of nitro benzene ring substituents is 1. The van der Waals surface area contributed by atoms with Gasteiger partial charge in [0, 0.05) is 17.7 Å². The van der Waals surface area contributed by atoms with Crippen LogP contribution in [0.3, 0.4) is 0 Å². The van der Waals surface area contributed by atoms with Gasteiger partial charge in [-0.3, -0.25) is 10.1 Å². The summed E-state index contributed by atoms with van der Waals surface area (Å²) in [5, 5.41) is 11.0. The van der Waals surface area contributed by atoms with Gasteiger partial charge in [-0.2, -0.15) is 0 Å². The maximum Gasteiger partial charge on any atom is 0.363 e. The molecule has 1 aliphatic rings. The van der Waals surface area contributed by atoms with E-state index in [-0.39, 0.29) is 34.7 Å². The van der Waals surface area contributed by atoms with Gasteiger partial charge < -0.3 is 14.2 Å². The number of halogens is 2. The number of carbonyl (C=O) groups excluding carboxylic acids is 1. The van der Waals surface area contributed by atoms with Crippen LogP contribution in [0.5, 0.6) is 11.5 Å². The zero-order chi connectivity index (χ0) is 24.2. The lowest BCUT2D eigenvalue weighted by molar-refractivity contribution is -0.384.